The average molecular weight is 678 g/mol. The number of anilines is 1. The monoisotopic (exact) mass is 677 g/mol. The van der Waals surface area contributed by atoms with E-state index in [1.54, 1.807) is 0 Å². The number of aromatic hydroxyl groups is 2. The number of likely N-dealkylation sites (tertiary alicyclic amines) is 1. The molecule has 0 aromatic carbocycles. The van der Waals surface area contributed by atoms with Gasteiger partial charge in [-0.05, 0) is 13.8 Å². The number of hydrogen-bond acceptors (Lipinski definition) is 14. The first-order chi connectivity index (χ1) is 21.7. The number of carbonyl (C=O) groups excluding carboxylic acids is 2. The predicted octanol–water partition coefficient (Wildman–Crippen LogP) is 0.102. The Morgan fingerprint density at radius 3 is 2.54 bits per heavy atom. The number of amides is 2. The Bertz CT molecular complexity index is 1640. The van der Waals surface area contributed by atoms with Gasteiger partial charge in [-0.1, -0.05) is 5.16 Å². The van der Waals surface area contributed by atoms with Gasteiger partial charge < -0.3 is 40.8 Å². The topological polar surface area (TPSA) is 251 Å². The van der Waals surface area contributed by atoms with Crippen molar-refractivity contribution in [1.82, 2.24) is 24.6 Å². The Morgan fingerprint density at radius 2 is 1.93 bits per heavy atom. The van der Waals surface area contributed by atoms with E-state index in [1.807, 2.05) is 0 Å². The zero-order chi connectivity index (χ0) is 33.4. The maximum absolute atomic E-state index is 13.4. The summed E-state index contributed by atoms with van der Waals surface area (Å²) in [4.78, 5) is 65.1. The molecular formula is C27H33N8O9S2+. The van der Waals surface area contributed by atoms with Crippen molar-refractivity contribution < 1.29 is 48.9 Å². The zero-order valence-electron chi connectivity index (χ0n) is 24.9. The molecular weight excluding hydrogens is 644 g/mol. The minimum atomic E-state index is -1.80. The van der Waals surface area contributed by atoms with E-state index in [0.717, 1.165) is 37.5 Å². The van der Waals surface area contributed by atoms with E-state index in [2.05, 4.69) is 24.8 Å². The summed E-state index contributed by atoms with van der Waals surface area (Å²) >= 11 is 2.09. The van der Waals surface area contributed by atoms with Gasteiger partial charge in [0.15, 0.2) is 16.6 Å². The van der Waals surface area contributed by atoms with Crippen LogP contribution in [0.25, 0.3) is 0 Å². The number of rotatable bonds is 12. The van der Waals surface area contributed by atoms with Gasteiger partial charge in [0.05, 0.1) is 25.8 Å². The molecule has 0 bridgehead atoms. The normalized spacial score (nSPS) is 21.0. The first kappa shape index (κ1) is 32.9. The molecule has 17 nitrogen and oxygen atoms in total. The molecule has 2 saturated heterocycles. The number of nitrogen functional groups attached to an aromatic ring is 1. The van der Waals surface area contributed by atoms with Crippen LogP contribution in [0, 0.1) is 0 Å². The van der Waals surface area contributed by atoms with Crippen molar-refractivity contribution in [2.75, 3.05) is 37.7 Å². The number of nitrogens with zero attached hydrogens (tertiary/aromatic N) is 6. The fourth-order valence-electron chi connectivity index (χ4n) is 5.57. The van der Waals surface area contributed by atoms with Crippen LogP contribution in [0.2, 0.25) is 0 Å². The number of carbonyl (C=O) groups is 4. The van der Waals surface area contributed by atoms with Crippen LogP contribution in [-0.2, 0) is 30.4 Å². The quantitative estimate of drug-likeness (QED) is 0.0755. The molecule has 46 heavy (non-hydrogen) atoms. The summed E-state index contributed by atoms with van der Waals surface area (Å²) in [6.45, 7) is 5.08. The van der Waals surface area contributed by atoms with Gasteiger partial charge in [-0.15, -0.1) is 11.8 Å². The van der Waals surface area contributed by atoms with Crippen LogP contribution in [0.3, 0.4) is 0 Å². The van der Waals surface area contributed by atoms with Crippen molar-refractivity contribution in [2.45, 2.75) is 50.1 Å². The van der Waals surface area contributed by atoms with E-state index in [4.69, 9.17) is 10.6 Å². The number of oxime groups is 1. The van der Waals surface area contributed by atoms with Crippen molar-refractivity contribution in [2.24, 2.45) is 5.16 Å². The molecule has 2 atom stereocenters. The summed E-state index contributed by atoms with van der Waals surface area (Å²) in [6, 6.07) is 0.303. The Kier molecular flexibility index (Phi) is 9.09. The minimum absolute atomic E-state index is 0.0152. The number of quaternary nitrogens is 1. The summed E-state index contributed by atoms with van der Waals surface area (Å²) < 4.78 is 4.53. The van der Waals surface area contributed by atoms with Crippen LogP contribution in [0.4, 0.5) is 5.13 Å². The van der Waals surface area contributed by atoms with Gasteiger partial charge in [-0.3, -0.25) is 19.5 Å². The molecule has 7 N–H and O–H groups in total. The smallest absolute Gasteiger partial charge is 0.352 e. The Balaban J connectivity index is 1.33. The molecule has 3 aliphatic heterocycles. The maximum Gasteiger partial charge on any atom is 0.352 e. The van der Waals surface area contributed by atoms with Gasteiger partial charge in [0, 0.05) is 53.9 Å². The van der Waals surface area contributed by atoms with Crippen LogP contribution in [0.5, 0.6) is 11.5 Å². The molecule has 19 heteroatoms. The number of pyridine rings is 1. The van der Waals surface area contributed by atoms with Gasteiger partial charge in [0.2, 0.25) is 17.1 Å². The molecule has 3 aliphatic rings. The van der Waals surface area contributed by atoms with Gasteiger partial charge >= 0.3 is 11.9 Å². The predicted molar refractivity (Wildman–Crippen MR) is 164 cm³/mol. The second-order valence-corrected chi connectivity index (χ2v) is 13.6. The van der Waals surface area contributed by atoms with Gasteiger partial charge in [0.1, 0.15) is 23.7 Å². The number of thioether (sulfide) groups is 1. The molecule has 2 fully saturated rings. The number of nitrogens with one attached hydrogen (secondary N) is 1. The van der Waals surface area contributed by atoms with Crippen molar-refractivity contribution >= 4 is 57.9 Å². The van der Waals surface area contributed by atoms with E-state index in [0.29, 0.717) is 41.0 Å². The fraction of sp³-hybridized carbons (Fsp3) is 0.481. The molecule has 2 aromatic heterocycles. The third kappa shape index (κ3) is 6.56. The Hall–Kier alpha value is -4.49. The Labute approximate surface area is 270 Å². The van der Waals surface area contributed by atoms with Crippen molar-refractivity contribution in [3.63, 3.8) is 0 Å². The zero-order valence-corrected chi connectivity index (χ0v) is 26.5. The highest BCUT2D eigenvalue weighted by Gasteiger charge is 2.55. The third-order valence-corrected chi connectivity index (χ3v) is 9.97. The molecule has 5 rings (SSSR count). The maximum atomic E-state index is 13.4. The molecule has 2 amide bonds. The van der Waals surface area contributed by atoms with E-state index < -0.39 is 46.5 Å². The van der Waals surface area contributed by atoms with Crippen LogP contribution < -0.4 is 11.1 Å². The second kappa shape index (κ2) is 12.7. The van der Waals surface area contributed by atoms with Gasteiger partial charge in [-0.25, -0.2) is 9.59 Å². The third-order valence-electron chi connectivity index (χ3n) is 8.09. The van der Waals surface area contributed by atoms with Crippen LogP contribution in [-0.4, -0.2) is 123 Å². The minimum Gasteiger partial charge on any atom is -0.504 e. The lowest BCUT2D eigenvalue weighted by Gasteiger charge is -2.50. The van der Waals surface area contributed by atoms with Crippen molar-refractivity contribution in [3.05, 3.63) is 35.1 Å². The summed E-state index contributed by atoms with van der Waals surface area (Å²) in [5.41, 5.74) is 4.44. The van der Waals surface area contributed by atoms with Crippen LogP contribution in [0.1, 0.15) is 38.2 Å². The summed E-state index contributed by atoms with van der Waals surface area (Å²) in [7, 11) is 0. The summed E-state index contributed by atoms with van der Waals surface area (Å²) in [5, 5.41) is 44.6. The molecule has 246 valence electrons. The lowest BCUT2D eigenvalue weighted by atomic mass is 10.0. The highest BCUT2D eigenvalue weighted by Crippen LogP contribution is 2.41. The molecule has 2 unspecified atom stereocenters. The van der Waals surface area contributed by atoms with E-state index >= 15 is 0 Å². The Morgan fingerprint density at radius 1 is 1.22 bits per heavy atom. The average Bonchev–Trinajstić information content (AvgIpc) is 3.65. The second-order valence-electron chi connectivity index (χ2n) is 11.7. The molecule has 0 saturated carbocycles. The molecule has 5 heterocycles. The molecule has 0 aliphatic carbocycles. The van der Waals surface area contributed by atoms with Crippen LogP contribution in [0.15, 0.2) is 28.7 Å². The van der Waals surface area contributed by atoms with Crippen LogP contribution >= 0.6 is 23.3 Å². The molecule has 2 aromatic rings. The number of nitrogens with two attached hydrogens (primary N) is 1. The van der Waals surface area contributed by atoms with Gasteiger partial charge in [-0.2, -0.15) is 9.36 Å². The first-order valence-corrected chi connectivity index (χ1v) is 16.1. The largest absolute Gasteiger partial charge is 0.504 e. The number of aromatic nitrogens is 3. The lowest BCUT2D eigenvalue weighted by Crippen LogP contribution is -2.71. The number of aliphatic carboxylic acids is 2. The number of carboxylic acids is 2. The number of β-lactam (4-membered cyclic amide) rings is 1. The fourth-order valence-corrected chi connectivity index (χ4v) is 7.34. The molecule has 0 spiro atoms. The number of fused-ring (bicyclic) bond motifs is 1. The summed E-state index contributed by atoms with van der Waals surface area (Å²) in [6.07, 6.45) is 3.58. The highest BCUT2D eigenvalue weighted by molar-refractivity contribution is 8.00. The van der Waals surface area contributed by atoms with Crippen molar-refractivity contribution in [3.8, 4) is 11.5 Å². The first-order valence-electron chi connectivity index (χ1n) is 14.2. The van der Waals surface area contributed by atoms with E-state index in [1.165, 1.54) is 42.8 Å². The number of carboxylic acid groups (broad SMARTS) is 2. The highest BCUT2D eigenvalue weighted by atomic mass is 32.2. The lowest BCUT2D eigenvalue weighted by molar-refractivity contribution is -0.912. The number of hydrogen-bond donors (Lipinski definition) is 6. The van der Waals surface area contributed by atoms with E-state index in [9.17, 15) is 39.6 Å². The standard InChI is InChI=1S/C27H32N8O9S2/c1-27(2,25(42)43)44-32-17(20-31-26(28)46-33-20)21(38)30-18-22(39)34-19(24(40)41)13(12-45-23(18)34)11-35(6-3-4-7-35)8-5-14-9-15(36)16(37)10-29-14/h9-10,18,23H,3-8,11-12H2,1-2H3,(H6-,28,29,30,31,32,33,36,37,38,40,41,42,43)/p+1. The molecule has 0 radical (unpaired) electrons. The SMILES string of the molecule is CC(C)(O/N=C(\C(=O)NC1C(=O)N2C(C(=O)O)=C(C[N+]3(CCc4cc(O)c(O)cn4)CCCC3)CSC12)c1nsc(N)n1)C(=O)O. The summed E-state index contributed by atoms with van der Waals surface area (Å²) in [5.74, 6) is -4.65. The van der Waals surface area contributed by atoms with Gasteiger partial charge in [0.25, 0.3) is 11.8 Å². The van der Waals surface area contributed by atoms with Crippen molar-refractivity contribution in [1.29, 1.82) is 0 Å². The van der Waals surface area contributed by atoms with E-state index in [-0.39, 0.29) is 28.2 Å².